The van der Waals surface area contributed by atoms with E-state index in [4.69, 9.17) is 10.0 Å². The first-order valence-corrected chi connectivity index (χ1v) is 6.94. The van der Waals surface area contributed by atoms with E-state index in [1.165, 1.54) is 37.7 Å². The van der Waals surface area contributed by atoms with Gasteiger partial charge in [0.15, 0.2) is 0 Å². The summed E-state index contributed by atoms with van der Waals surface area (Å²) in [6.07, 6.45) is 8.72. The van der Waals surface area contributed by atoms with Gasteiger partial charge in [0.25, 0.3) is 0 Å². The number of hydrogen-bond donors (Lipinski definition) is 0. The van der Waals surface area contributed by atoms with E-state index in [-0.39, 0.29) is 28.5 Å². The van der Waals surface area contributed by atoms with Crippen molar-refractivity contribution < 1.29 is 15.5 Å². The Balaban J connectivity index is -0.000000108. The van der Waals surface area contributed by atoms with Gasteiger partial charge in [-0.3, -0.25) is 0 Å². The minimum atomic E-state index is -0.500. The van der Waals surface area contributed by atoms with E-state index in [1.807, 2.05) is 0 Å². The van der Waals surface area contributed by atoms with E-state index in [9.17, 15) is 0 Å². The molecule has 15 heavy (non-hydrogen) atoms. The molecule has 0 aromatic heterocycles. The molecule has 0 fully saturated rings. The van der Waals surface area contributed by atoms with Crippen LogP contribution in [0, 0.1) is 0 Å². The maximum absolute atomic E-state index is 8.25. The van der Waals surface area contributed by atoms with Gasteiger partial charge in [0, 0.05) is 0 Å². The predicted molar refractivity (Wildman–Crippen MR) is 67.5 cm³/mol. The zero-order valence-corrected chi connectivity index (χ0v) is 12.6. The second-order valence-electron chi connectivity index (χ2n) is 2.94. The Kier molecular flexibility index (Phi) is 40.8. The van der Waals surface area contributed by atoms with Gasteiger partial charge in [-0.15, -0.1) is 7.92 Å². The van der Waals surface area contributed by atoms with Crippen molar-refractivity contribution in [2.75, 3.05) is 18.5 Å². The third-order valence-corrected chi connectivity index (χ3v) is 4.86. The first kappa shape index (κ1) is 25.1. The number of hydrogen-bond acceptors (Lipinski definition) is 2. The second kappa shape index (κ2) is 24.4. The second-order valence-corrected chi connectivity index (χ2v) is 5.62. The average molecular weight is 245 g/mol. The van der Waals surface area contributed by atoms with E-state index in [2.05, 4.69) is 20.8 Å². The van der Waals surface area contributed by atoms with Crippen molar-refractivity contribution in [1.29, 1.82) is 0 Å². The molecule has 3 nitrogen and oxygen atoms in total. The molecule has 0 aromatic rings. The molecule has 0 unspecified atom stereocenters. The molecule has 0 aromatic carbocycles. The zero-order chi connectivity index (χ0) is 10.5. The molecule has 0 aliphatic rings. The molecule has 2 N–H and O–H groups in total. The molecule has 1 radical (unpaired) electrons. The van der Waals surface area contributed by atoms with Gasteiger partial charge in [0.2, 0.25) is 0 Å². The molecule has 0 bridgehead atoms. The van der Waals surface area contributed by atoms with Crippen LogP contribution in [0.3, 0.4) is 0 Å². The summed E-state index contributed by atoms with van der Waals surface area (Å²) in [5.74, 6) is 0. The standard InChI is InChI=1S/C9H21P.BO2.Mg.H2O/c1-4-7-10(8-5-2)9-6-3;2-1-3;;/h4-9H2,1-3H3;;;1H2/q;-2;+2;. The molecule has 0 aliphatic heterocycles. The Labute approximate surface area is 113 Å². The van der Waals surface area contributed by atoms with Crippen molar-refractivity contribution in [1.82, 2.24) is 0 Å². The van der Waals surface area contributed by atoms with Crippen molar-refractivity contribution >= 4 is 38.7 Å². The van der Waals surface area contributed by atoms with Crippen LogP contribution >= 0.6 is 7.92 Å². The Morgan fingerprint density at radius 1 is 0.867 bits per heavy atom. The smallest absolute Gasteiger partial charge is 0.900 e. The fourth-order valence-corrected chi connectivity index (χ4v) is 3.85. The van der Waals surface area contributed by atoms with E-state index >= 15 is 0 Å². The number of rotatable bonds is 6. The average Bonchev–Trinajstić information content (AvgIpc) is 2.07. The van der Waals surface area contributed by atoms with Crippen LogP contribution in [0.2, 0.25) is 0 Å². The predicted octanol–water partition coefficient (Wildman–Crippen LogP) is -0.266. The molecule has 0 amide bonds. The van der Waals surface area contributed by atoms with Gasteiger partial charge < -0.3 is 15.5 Å². The summed E-state index contributed by atoms with van der Waals surface area (Å²) in [7, 11) is -0.0610. The van der Waals surface area contributed by atoms with Crippen LogP contribution in [0.5, 0.6) is 0 Å². The minimum absolute atomic E-state index is 0. The third kappa shape index (κ3) is 25.4. The molecule has 0 aliphatic carbocycles. The fraction of sp³-hybridized carbons (Fsp3) is 1.00. The first-order chi connectivity index (χ1) is 6.26. The van der Waals surface area contributed by atoms with Gasteiger partial charge in [-0.25, -0.2) is 7.69 Å². The molecule has 0 rings (SSSR count). The summed E-state index contributed by atoms with van der Waals surface area (Å²) in [4.78, 5) is 0. The van der Waals surface area contributed by atoms with Gasteiger partial charge in [-0.05, 0) is 18.5 Å². The quantitative estimate of drug-likeness (QED) is 0.477. The van der Waals surface area contributed by atoms with Gasteiger partial charge in [-0.2, -0.15) is 0 Å². The van der Waals surface area contributed by atoms with Crippen molar-refractivity contribution in [2.45, 2.75) is 40.0 Å². The Morgan fingerprint density at radius 2 is 1.07 bits per heavy atom. The van der Waals surface area contributed by atoms with Crippen LogP contribution < -0.4 is 10.0 Å². The van der Waals surface area contributed by atoms with Crippen LogP contribution in [0.1, 0.15) is 40.0 Å². The summed E-state index contributed by atoms with van der Waals surface area (Å²) in [6, 6.07) is 0. The van der Waals surface area contributed by atoms with Crippen molar-refractivity contribution in [3.05, 3.63) is 0 Å². The van der Waals surface area contributed by atoms with Crippen molar-refractivity contribution in [3.63, 3.8) is 0 Å². The monoisotopic (exact) mass is 245 g/mol. The Hall–Kier alpha value is 1.14. The maximum Gasteiger partial charge on any atom is 2.00 e. The summed E-state index contributed by atoms with van der Waals surface area (Å²) in [5.41, 5.74) is 0. The van der Waals surface area contributed by atoms with Gasteiger partial charge in [-0.1, -0.05) is 40.0 Å². The zero-order valence-electron chi connectivity index (χ0n) is 10.3. The summed E-state index contributed by atoms with van der Waals surface area (Å²) in [6.45, 7) is 6.92. The third-order valence-electron chi connectivity index (χ3n) is 1.62. The molecule has 0 saturated heterocycles. The van der Waals surface area contributed by atoms with Gasteiger partial charge in [0.05, 0.1) is 0 Å². The molecule has 0 atom stereocenters. The molecular formula is C9H23BMgO3P. The molecule has 6 heteroatoms. The van der Waals surface area contributed by atoms with Gasteiger partial charge in [0.1, 0.15) is 0 Å². The van der Waals surface area contributed by atoms with E-state index in [0.29, 0.717) is 7.92 Å². The Bertz CT molecular complexity index is 77.5. The van der Waals surface area contributed by atoms with Crippen molar-refractivity contribution in [2.24, 2.45) is 0 Å². The minimum Gasteiger partial charge on any atom is -0.900 e. The van der Waals surface area contributed by atoms with Crippen LogP contribution in [0.25, 0.3) is 0 Å². The SMILES string of the molecule is CCCP(CCC)CCC.O.[Mg+2].[O-][B][O-]. The van der Waals surface area contributed by atoms with Crippen LogP contribution in [-0.2, 0) is 0 Å². The van der Waals surface area contributed by atoms with E-state index in [1.54, 1.807) is 0 Å². The summed E-state index contributed by atoms with van der Waals surface area (Å²) >= 11 is 0. The van der Waals surface area contributed by atoms with Crippen LogP contribution in [0.15, 0.2) is 0 Å². The summed E-state index contributed by atoms with van der Waals surface area (Å²) in [5, 5.41) is 16.5. The Morgan fingerprint density at radius 3 is 1.20 bits per heavy atom. The summed E-state index contributed by atoms with van der Waals surface area (Å²) < 4.78 is 0. The van der Waals surface area contributed by atoms with E-state index < -0.39 is 7.69 Å². The normalized spacial score (nSPS) is 8.13. The molecular weight excluding hydrogens is 222 g/mol. The first-order valence-electron chi connectivity index (χ1n) is 5.04. The molecule has 87 valence electrons. The van der Waals surface area contributed by atoms with Crippen LogP contribution in [-0.4, -0.2) is 54.7 Å². The van der Waals surface area contributed by atoms with Crippen molar-refractivity contribution in [3.8, 4) is 0 Å². The fourth-order valence-electron chi connectivity index (χ4n) is 1.28. The maximum atomic E-state index is 8.25. The van der Waals surface area contributed by atoms with Gasteiger partial charge >= 0.3 is 23.1 Å². The van der Waals surface area contributed by atoms with Crippen LogP contribution in [0.4, 0.5) is 0 Å². The van der Waals surface area contributed by atoms with E-state index in [0.717, 1.165) is 0 Å². The molecule has 0 heterocycles. The largest absolute Gasteiger partial charge is 2.00 e. The molecule has 0 saturated carbocycles. The molecule has 0 spiro atoms. The topological polar surface area (TPSA) is 77.6 Å².